The third-order valence-electron chi connectivity index (χ3n) is 4.26. The standard InChI is InChI=1S/C17H19N7O/c1-11-3-5-12(6-4-11)14-9-15(24-8-7-13(25)10-24)19-16(18-14)17-20-22-23(2)21-17/h3-6,9,13,25H,7-8,10H2,1-2H3/t13-/m0/s1. The lowest BCUT2D eigenvalue weighted by Crippen LogP contribution is -2.22. The molecule has 2 aromatic heterocycles. The van der Waals surface area contributed by atoms with Gasteiger partial charge in [-0.05, 0) is 18.6 Å². The maximum absolute atomic E-state index is 9.84. The molecule has 1 aliphatic rings. The number of aromatic nitrogens is 6. The number of aliphatic hydroxyl groups excluding tert-OH is 1. The van der Waals surface area contributed by atoms with Gasteiger partial charge in [0.1, 0.15) is 5.82 Å². The van der Waals surface area contributed by atoms with Crippen LogP contribution in [0, 0.1) is 6.92 Å². The molecule has 3 heterocycles. The Morgan fingerprint density at radius 3 is 2.56 bits per heavy atom. The van der Waals surface area contributed by atoms with Gasteiger partial charge in [-0.25, -0.2) is 9.97 Å². The molecule has 25 heavy (non-hydrogen) atoms. The fourth-order valence-electron chi connectivity index (χ4n) is 2.89. The summed E-state index contributed by atoms with van der Waals surface area (Å²) in [5, 5.41) is 22.0. The molecule has 1 aromatic carbocycles. The van der Waals surface area contributed by atoms with Gasteiger partial charge in [-0.15, -0.1) is 10.2 Å². The lowest BCUT2D eigenvalue weighted by molar-refractivity contribution is 0.198. The van der Waals surface area contributed by atoms with E-state index in [1.807, 2.05) is 18.2 Å². The van der Waals surface area contributed by atoms with Crippen molar-refractivity contribution in [2.24, 2.45) is 7.05 Å². The van der Waals surface area contributed by atoms with Gasteiger partial charge in [-0.2, -0.15) is 4.80 Å². The van der Waals surface area contributed by atoms with E-state index in [1.165, 1.54) is 10.4 Å². The van der Waals surface area contributed by atoms with Crippen LogP contribution >= 0.6 is 0 Å². The van der Waals surface area contributed by atoms with E-state index in [2.05, 4.69) is 49.3 Å². The first-order chi connectivity index (χ1) is 12.1. The molecule has 0 saturated carbocycles. The number of aliphatic hydroxyl groups is 1. The van der Waals surface area contributed by atoms with E-state index in [4.69, 9.17) is 0 Å². The van der Waals surface area contributed by atoms with Crippen LogP contribution in [0.4, 0.5) is 5.82 Å². The number of hydrogen-bond acceptors (Lipinski definition) is 7. The highest BCUT2D eigenvalue weighted by atomic mass is 16.3. The molecule has 8 nitrogen and oxygen atoms in total. The van der Waals surface area contributed by atoms with Crippen LogP contribution in [-0.2, 0) is 7.05 Å². The number of β-amino-alcohol motifs (C(OH)–C–C–N with tert-alkyl or cyclic N) is 1. The number of rotatable bonds is 3. The summed E-state index contributed by atoms with van der Waals surface area (Å²) in [5.41, 5.74) is 2.99. The van der Waals surface area contributed by atoms with Gasteiger partial charge < -0.3 is 10.0 Å². The van der Waals surface area contributed by atoms with Gasteiger partial charge in [0.25, 0.3) is 0 Å². The Kier molecular flexibility index (Phi) is 3.89. The highest BCUT2D eigenvalue weighted by molar-refractivity contribution is 5.66. The highest BCUT2D eigenvalue weighted by Crippen LogP contribution is 2.27. The highest BCUT2D eigenvalue weighted by Gasteiger charge is 2.23. The predicted octanol–water partition coefficient (Wildman–Crippen LogP) is 1.21. The molecule has 8 heteroatoms. The third-order valence-corrected chi connectivity index (χ3v) is 4.26. The minimum Gasteiger partial charge on any atom is -0.391 e. The van der Waals surface area contributed by atoms with Crippen molar-refractivity contribution in [1.82, 2.24) is 30.2 Å². The van der Waals surface area contributed by atoms with Crippen molar-refractivity contribution in [2.45, 2.75) is 19.4 Å². The van der Waals surface area contributed by atoms with E-state index in [9.17, 15) is 5.11 Å². The Bertz CT molecular complexity index is 890. The lowest BCUT2D eigenvalue weighted by Gasteiger charge is -2.18. The van der Waals surface area contributed by atoms with Crippen LogP contribution < -0.4 is 4.90 Å². The molecule has 1 aliphatic heterocycles. The van der Waals surface area contributed by atoms with Crippen molar-refractivity contribution < 1.29 is 5.11 Å². The topological polar surface area (TPSA) is 92.8 Å². The Morgan fingerprint density at radius 2 is 1.92 bits per heavy atom. The first-order valence-electron chi connectivity index (χ1n) is 8.22. The zero-order valence-electron chi connectivity index (χ0n) is 14.2. The second kappa shape index (κ2) is 6.21. The minimum atomic E-state index is -0.323. The van der Waals surface area contributed by atoms with Gasteiger partial charge in [0.2, 0.25) is 11.6 Å². The number of hydrogen-bond donors (Lipinski definition) is 1. The SMILES string of the molecule is Cc1ccc(-c2cc(N3CC[C@H](O)C3)nc(-c3nnn(C)n3)n2)cc1. The molecule has 0 aliphatic carbocycles. The van der Waals surface area contributed by atoms with Crippen molar-refractivity contribution in [3.63, 3.8) is 0 Å². The van der Waals surface area contributed by atoms with E-state index in [1.54, 1.807) is 7.05 Å². The zero-order chi connectivity index (χ0) is 17.4. The molecule has 0 unspecified atom stereocenters. The molecular weight excluding hydrogens is 318 g/mol. The molecular formula is C17H19N7O. The maximum atomic E-state index is 9.84. The first kappa shape index (κ1) is 15.6. The molecule has 1 N–H and O–H groups in total. The summed E-state index contributed by atoms with van der Waals surface area (Å²) >= 11 is 0. The van der Waals surface area contributed by atoms with Gasteiger partial charge in [0, 0.05) is 24.7 Å². The van der Waals surface area contributed by atoms with E-state index in [0.717, 1.165) is 30.0 Å². The number of nitrogens with zero attached hydrogens (tertiary/aromatic N) is 7. The maximum Gasteiger partial charge on any atom is 0.242 e. The van der Waals surface area contributed by atoms with Crippen LogP contribution in [0.5, 0.6) is 0 Å². The molecule has 0 spiro atoms. The van der Waals surface area contributed by atoms with Crippen molar-refractivity contribution in [3.8, 4) is 22.9 Å². The Labute approximate surface area is 145 Å². The van der Waals surface area contributed by atoms with Crippen molar-refractivity contribution in [2.75, 3.05) is 18.0 Å². The van der Waals surface area contributed by atoms with E-state index in [-0.39, 0.29) is 6.10 Å². The normalized spacial score (nSPS) is 17.2. The molecule has 0 bridgehead atoms. The van der Waals surface area contributed by atoms with Gasteiger partial charge in [0.05, 0.1) is 18.8 Å². The molecule has 128 valence electrons. The van der Waals surface area contributed by atoms with Crippen molar-refractivity contribution >= 4 is 5.82 Å². The number of aryl methyl sites for hydroxylation is 2. The minimum absolute atomic E-state index is 0.323. The Hall–Kier alpha value is -2.87. The summed E-state index contributed by atoms with van der Waals surface area (Å²) < 4.78 is 0. The van der Waals surface area contributed by atoms with Crippen LogP contribution in [0.25, 0.3) is 22.9 Å². The molecule has 0 amide bonds. The summed E-state index contributed by atoms with van der Waals surface area (Å²) in [6, 6.07) is 10.1. The predicted molar refractivity (Wildman–Crippen MR) is 92.8 cm³/mol. The van der Waals surface area contributed by atoms with Crippen LogP contribution in [-0.4, -0.2) is 54.5 Å². The fourth-order valence-corrected chi connectivity index (χ4v) is 2.89. The van der Waals surface area contributed by atoms with Gasteiger partial charge in [-0.1, -0.05) is 29.8 Å². The number of benzene rings is 1. The largest absolute Gasteiger partial charge is 0.391 e. The zero-order valence-corrected chi connectivity index (χ0v) is 14.2. The van der Waals surface area contributed by atoms with E-state index in [0.29, 0.717) is 18.2 Å². The van der Waals surface area contributed by atoms with Crippen molar-refractivity contribution in [1.29, 1.82) is 0 Å². The van der Waals surface area contributed by atoms with Gasteiger partial charge >= 0.3 is 0 Å². The van der Waals surface area contributed by atoms with Crippen LogP contribution in [0.2, 0.25) is 0 Å². The van der Waals surface area contributed by atoms with Gasteiger partial charge in [0.15, 0.2) is 0 Å². The number of anilines is 1. The summed E-state index contributed by atoms with van der Waals surface area (Å²) in [5.74, 6) is 1.59. The van der Waals surface area contributed by atoms with E-state index < -0.39 is 0 Å². The Morgan fingerprint density at radius 1 is 1.12 bits per heavy atom. The van der Waals surface area contributed by atoms with E-state index >= 15 is 0 Å². The molecule has 4 rings (SSSR count). The molecule has 1 atom stereocenters. The smallest absolute Gasteiger partial charge is 0.242 e. The second-order valence-electron chi connectivity index (χ2n) is 6.29. The fraction of sp³-hybridized carbons (Fsp3) is 0.353. The van der Waals surface area contributed by atoms with Crippen LogP contribution in [0.1, 0.15) is 12.0 Å². The monoisotopic (exact) mass is 337 g/mol. The third kappa shape index (κ3) is 3.20. The van der Waals surface area contributed by atoms with Crippen molar-refractivity contribution in [3.05, 3.63) is 35.9 Å². The summed E-state index contributed by atoms with van der Waals surface area (Å²) in [7, 11) is 1.71. The second-order valence-corrected chi connectivity index (χ2v) is 6.29. The number of tetrazole rings is 1. The summed E-state index contributed by atoms with van der Waals surface area (Å²) in [6.07, 6.45) is 0.415. The average Bonchev–Trinajstić information content (AvgIpc) is 3.24. The Balaban J connectivity index is 1.81. The first-order valence-corrected chi connectivity index (χ1v) is 8.22. The molecule has 1 fully saturated rings. The van der Waals surface area contributed by atoms with Crippen LogP contribution in [0.15, 0.2) is 30.3 Å². The average molecular weight is 337 g/mol. The molecule has 1 saturated heterocycles. The summed E-state index contributed by atoms with van der Waals surface area (Å²) in [6.45, 7) is 3.38. The quantitative estimate of drug-likeness (QED) is 0.768. The van der Waals surface area contributed by atoms with Crippen LogP contribution in [0.3, 0.4) is 0 Å². The molecule has 3 aromatic rings. The molecule has 0 radical (unpaired) electrons. The lowest BCUT2D eigenvalue weighted by atomic mass is 10.1. The summed E-state index contributed by atoms with van der Waals surface area (Å²) in [4.78, 5) is 12.7. The van der Waals surface area contributed by atoms with Gasteiger partial charge in [-0.3, -0.25) is 0 Å².